The van der Waals surface area contributed by atoms with E-state index in [0.717, 1.165) is 5.56 Å². The molecule has 2 aromatic carbocycles. The summed E-state index contributed by atoms with van der Waals surface area (Å²) in [7, 11) is 0. The van der Waals surface area contributed by atoms with Gasteiger partial charge < -0.3 is 15.8 Å². The number of tetrazole rings is 1. The molecule has 32 heavy (non-hydrogen) atoms. The number of amides is 1. The van der Waals surface area contributed by atoms with Crippen LogP contribution in [0.15, 0.2) is 54.6 Å². The highest BCUT2D eigenvalue weighted by Gasteiger charge is 2.28. The van der Waals surface area contributed by atoms with Crippen molar-refractivity contribution in [2.75, 3.05) is 6.61 Å². The van der Waals surface area contributed by atoms with E-state index in [4.69, 9.17) is 10.5 Å². The van der Waals surface area contributed by atoms with Crippen molar-refractivity contribution in [2.24, 2.45) is 5.73 Å². The number of rotatable bonds is 10. The van der Waals surface area contributed by atoms with Crippen molar-refractivity contribution in [3.8, 4) is 0 Å². The lowest BCUT2D eigenvalue weighted by molar-refractivity contribution is -0.385. The monoisotopic (exact) mass is 439 g/mol. The summed E-state index contributed by atoms with van der Waals surface area (Å²) in [6, 6.07) is 15.2. The summed E-state index contributed by atoms with van der Waals surface area (Å²) in [5.74, 6) is -0.185. The first-order valence-electron chi connectivity index (χ1n) is 9.95. The third kappa shape index (κ3) is 6.15. The molecule has 0 bridgehead atoms. The van der Waals surface area contributed by atoms with Crippen LogP contribution in [0.1, 0.15) is 36.8 Å². The maximum Gasteiger partial charge on any atom is 0.274 e. The van der Waals surface area contributed by atoms with Gasteiger partial charge in [-0.2, -0.15) is 4.80 Å². The SMILES string of the molecule is CC(C)(N)C(=O)N[C@H](COCc1ccccc1)c1nnn(Cc2ccccc2[N+](=O)[O-])n1. The summed E-state index contributed by atoms with van der Waals surface area (Å²) in [6.07, 6.45) is 0. The summed E-state index contributed by atoms with van der Waals surface area (Å²) >= 11 is 0. The van der Waals surface area contributed by atoms with Crippen LogP contribution >= 0.6 is 0 Å². The lowest BCUT2D eigenvalue weighted by Gasteiger charge is -2.22. The molecule has 0 saturated carbocycles. The number of carbonyl (C=O) groups excluding carboxylic acids is 1. The van der Waals surface area contributed by atoms with Gasteiger partial charge in [0.15, 0.2) is 5.82 Å². The number of ether oxygens (including phenoxy) is 1. The zero-order valence-corrected chi connectivity index (χ0v) is 17.8. The normalized spacial score (nSPS) is 12.3. The number of hydrogen-bond acceptors (Lipinski definition) is 8. The molecule has 1 heterocycles. The fourth-order valence-electron chi connectivity index (χ4n) is 2.83. The van der Waals surface area contributed by atoms with Crippen molar-refractivity contribution in [1.29, 1.82) is 0 Å². The van der Waals surface area contributed by atoms with E-state index in [9.17, 15) is 14.9 Å². The van der Waals surface area contributed by atoms with E-state index < -0.39 is 22.4 Å². The van der Waals surface area contributed by atoms with Gasteiger partial charge >= 0.3 is 0 Å². The Morgan fingerprint density at radius 2 is 1.91 bits per heavy atom. The first kappa shape index (κ1) is 23.0. The van der Waals surface area contributed by atoms with E-state index in [2.05, 4.69) is 20.7 Å². The number of nitrogens with one attached hydrogen (secondary N) is 1. The van der Waals surface area contributed by atoms with Crippen LogP contribution in [-0.4, -0.2) is 43.2 Å². The highest BCUT2D eigenvalue weighted by atomic mass is 16.6. The first-order chi connectivity index (χ1) is 15.2. The Balaban J connectivity index is 1.75. The van der Waals surface area contributed by atoms with E-state index in [1.807, 2.05) is 30.3 Å². The number of carbonyl (C=O) groups is 1. The largest absolute Gasteiger partial charge is 0.374 e. The molecule has 0 fully saturated rings. The van der Waals surface area contributed by atoms with E-state index in [-0.39, 0.29) is 24.7 Å². The number of benzene rings is 2. The van der Waals surface area contributed by atoms with Gasteiger partial charge in [-0.05, 0) is 24.6 Å². The Hall–Kier alpha value is -3.70. The van der Waals surface area contributed by atoms with Crippen LogP contribution in [0.2, 0.25) is 0 Å². The Morgan fingerprint density at radius 3 is 2.59 bits per heavy atom. The molecule has 1 atom stereocenters. The highest BCUT2D eigenvalue weighted by molar-refractivity contribution is 5.85. The molecule has 0 spiro atoms. The highest BCUT2D eigenvalue weighted by Crippen LogP contribution is 2.18. The maximum atomic E-state index is 12.4. The zero-order valence-electron chi connectivity index (χ0n) is 17.8. The fourth-order valence-corrected chi connectivity index (χ4v) is 2.83. The molecule has 3 aromatic rings. The Kier molecular flexibility index (Phi) is 7.23. The predicted molar refractivity (Wildman–Crippen MR) is 115 cm³/mol. The third-order valence-corrected chi connectivity index (χ3v) is 4.57. The molecule has 0 saturated heterocycles. The zero-order chi connectivity index (χ0) is 23.1. The summed E-state index contributed by atoms with van der Waals surface area (Å²) in [5, 5.41) is 26.3. The second-order valence-electron chi connectivity index (χ2n) is 7.81. The van der Waals surface area contributed by atoms with Gasteiger partial charge in [-0.25, -0.2) is 0 Å². The predicted octanol–water partition coefficient (Wildman–Crippen LogP) is 1.74. The molecule has 0 unspecified atom stereocenters. The van der Waals surface area contributed by atoms with Crippen LogP contribution < -0.4 is 11.1 Å². The number of nitro groups is 1. The lowest BCUT2D eigenvalue weighted by atomic mass is 10.1. The number of para-hydroxylation sites is 1. The van der Waals surface area contributed by atoms with Crippen molar-refractivity contribution >= 4 is 11.6 Å². The maximum absolute atomic E-state index is 12.4. The van der Waals surface area contributed by atoms with Crippen molar-refractivity contribution in [1.82, 2.24) is 25.5 Å². The quantitative estimate of drug-likeness (QED) is 0.358. The smallest absolute Gasteiger partial charge is 0.274 e. The number of aromatic nitrogens is 4. The summed E-state index contributed by atoms with van der Waals surface area (Å²) in [5.41, 5.74) is 6.16. The molecular weight excluding hydrogens is 414 g/mol. The minimum atomic E-state index is -1.11. The molecule has 0 radical (unpaired) electrons. The van der Waals surface area contributed by atoms with Crippen LogP contribution in [0, 0.1) is 10.1 Å². The van der Waals surface area contributed by atoms with Crippen LogP contribution in [0.4, 0.5) is 5.69 Å². The molecule has 0 aliphatic carbocycles. The summed E-state index contributed by atoms with van der Waals surface area (Å²) in [4.78, 5) is 24.5. The Bertz CT molecular complexity index is 1060. The van der Waals surface area contributed by atoms with Gasteiger partial charge in [0.2, 0.25) is 5.91 Å². The van der Waals surface area contributed by atoms with Gasteiger partial charge in [-0.3, -0.25) is 14.9 Å². The van der Waals surface area contributed by atoms with Gasteiger partial charge in [0.25, 0.3) is 5.69 Å². The van der Waals surface area contributed by atoms with E-state index in [0.29, 0.717) is 12.2 Å². The lowest BCUT2D eigenvalue weighted by Crippen LogP contribution is -2.50. The van der Waals surface area contributed by atoms with Gasteiger partial charge in [0.1, 0.15) is 6.04 Å². The number of hydrogen-bond donors (Lipinski definition) is 2. The van der Waals surface area contributed by atoms with Crippen LogP contribution in [0.25, 0.3) is 0 Å². The van der Waals surface area contributed by atoms with Crippen molar-refractivity contribution < 1.29 is 14.5 Å². The third-order valence-electron chi connectivity index (χ3n) is 4.57. The Labute approximate surface area is 184 Å². The fraction of sp³-hybridized carbons (Fsp3) is 0.333. The molecule has 11 heteroatoms. The average molecular weight is 439 g/mol. The first-order valence-corrected chi connectivity index (χ1v) is 9.95. The minimum Gasteiger partial charge on any atom is -0.374 e. The van der Waals surface area contributed by atoms with Crippen LogP contribution in [0.5, 0.6) is 0 Å². The second kappa shape index (κ2) is 10.1. The van der Waals surface area contributed by atoms with E-state index in [1.54, 1.807) is 32.0 Å². The van der Waals surface area contributed by atoms with E-state index >= 15 is 0 Å². The molecular formula is C21H25N7O4. The number of nitrogens with zero attached hydrogens (tertiary/aromatic N) is 5. The molecule has 168 valence electrons. The van der Waals surface area contributed by atoms with Crippen molar-refractivity contribution in [3.63, 3.8) is 0 Å². The van der Waals surface area contributed by atoms with Gasteiger partial charge in [-0.1, -0.05) is 48.5 Å². The summed E-state index contributed by atoms with van der Waals surface area (Å²) in [6.45, 7) is 3.65. The standard InChI is InChI=1S/C21H25N7O4/c1-21(2,22)20(29)23-17(14-32-13-15-8-4-3-5-9-15)19-24-26-27(25-19)12-16-10-6-7-11-18(16)28(30)31/h3-11,17H,12-14,22H2,1-2H3,(H,23,29)/t17-/m1/s1. The van der Waals surface area contributed by atoms with Gasteiger partial charge in [-0.15, -0.1) is 10.2 Å². The topological polar surface area (TPSA) is 151 Å². The van der Waals surface area contributed by atoms with Gasteiger partial charge in [0.05, 0.1) is 35.8 Å². The van der Waals surface area contributed by atoms with Gasteiger partial charge in [0, 0.05) is 6.07 Å². The number of nitrogens with two attached hydrogens (primary N) is 1. The molecule has 1 aromatic heterocycles. The van der Waals surface area contributed by atoms with Crippen molar-refractivity contribution in [3.05, 3.63) is 81.7 Å². The second-order valence-corrected chi connectivity index (χ2v) is 7.81. The van der Waals surface area contributed by atoms with Crippen LogP contribution in [-0.2, 0) is 22.7 Å². The van der Waals surface area contributed by atoms with E-state index in [1.165, 1.54) is 10.9 Å². The molecule has 3 rings (SSSR count). The summed E-state index contributed by atoms with van der Waals surface area (Å²) < 4.78 is 5.77. The minimum absolute atomic E-state index is 0.0349. The Morgan fingerprint density at radius 1 is 1.22 bits per heavy atom. The molecule has 1 amide bonds. The van der Waals surface area contributed by atoms with Crippen LogP contribution in [0.3, 0.4) is 0 Å². The molecule has 11 nitrogen and oxygen atoms in total. The molecule has 0 aliphatic heterocycles. The average Bonchev–Trinajstić information content (AvgIpc) is 3.21. The number of nitro benzene ring substituents is 1. The molecule has 3 N–H and O–H groups in total. The molecule has 0 aliphatic rings. The van der Waals surface area contributed by atoms with Crippen molar-refractivity contribution in [2.45, 2.75) is 38.6 Å².